The highest BCUT2D eigenvalue weighted by atomic mass is 16.1. The molecule has 0 spiro atoms. The number of nitrogens with one attached hydrogen (secondary N) is 2. The number of hydrogen-bond acceptors (Lipinski definition) is 3. The molecule has 2 N–H and O–H groups in total. The van der Waals surface area contributed by atoms with Crippen LogP contribution in [0.4, 0.5) is 5.69 Å². The van der Waals surface area contributed by atoms with E-state index in [-0.39, 0.29) is 5.91 Å². The van der Waals surface area contributed by atoms with Gasteiger partial charge in [0, 0.05) is 37.6 Å². The predicted molar refractivity (Wildman–Crippen MR) is 80.4 cm³/mol. The lowest BCUT2D eigenvalue weighted by Crippen LogP contribution is -2.24. The zero-order chi connectivity index (χ0) is 14.2. The molecule has 4 heteroatoms. The van der Waals surface area contributed by atoms with Crippen molar-refractivity contribution >= 4 is 11.6 Å². The van der Waals surface area contributed by atoms with E-state index in [1.165, 1.54) is 5.56 Å². The SMILES string of the molecule is Cc1ccc(NCCC(=O)NCc2cccnc2)cc1. The monoisotopic (exact) mass is 269 g/mol. The van der Waals surface area contributed by atoms with E-state index in [1.807, 2.05) is 36.4 Å². The molecule has 0 atom stereocenters. The summed E-state index contributed by atoms with van der Waals surface area (Å²) in [6.45, 7) is 3.20. The first kappa shape index (κ1) is 14.1. The van der Waals surface area contributed by atoms with Crippen molar-refractivity contribution in [2.75, 3.05) is 11.9 Å². The van der Waals surface area contributed by atoms with Crippen molar-refractivity contribution in [2.24, 2.45) is 0 Å². The Labute approximate surface area is 119 Å². The highest BCUT2D eigenvalue weighted by Crippen LogP contribution is 2.08. The Balaban J connectivity index is 1.66. The third kappa shape index (κ3) is 4.72. The zero-order valence-electron chi connectivity index (χ0n) is 11.6. The van der Waals surface area contributed by atoms with Crippen molar-refractivity contribution in [3.05, 3.63) is 59.9 Å². The van der Waals surface area contributed by atoms with Gasteiger partial charge in [0.1, 0.15) is 0 Å². The summed E-state index contributed by atoms with van der Waals surface area (Å²) >= 11 is 0. The smallest absolute Gasteiger partial charge is 0.222 e. The predicted octanol–water partition coefficient (Wildman–Crippen LogP) is 2.51. The number of anilines is 1. The van der Waals surface area contributed by atoms with E-state index < -0.39 is 0 Å². The number of benzene rings is 1. The van der Waals surface area contributed by atoms with Crippen LogP contribution >= 0.6 is 0 Å². The summed E-state index contributed by atoms with van der Waals surface area (Å²) < 4.78 is 0. The van der Waals surface area contributed by atoms with E-state index in [1.54, 1.807) is 12.4 Å². The Bertz CT molecular complexity index is 537. The van der Waals surface area contributed by atoms with Crippen LogP contribution in [-0.2, 0) is 11.3 Å². The molecular weight excluding hydrogens is 250 g/mol. The van der Waals surface area contributed by atoms with Gasteiger partial charge in [-0.1, -0.05) is 23.8 Å². The van der Waals surface area contributed by atoms with E-state index in [9.17, 15) is 4.79 Å². The average molecular weight is 269 g/mol. The molecule has 0 saturated carbocycles. The lowest BCUT2D eigenvalue weighted by atomic mass is 10.2. The third-order valence-corrected chi connectivity index (χ3v) is 2.95. The molecule has 0 radical (unpaired) electrons. The number of carbonyl (C=O) groups excluding carboxylic acids is 1. The molecule has 0 aliphatic heterocycles. The minimum absolute atomic E-state index is 0.0356. The number of nitrogens with zero attached hydrogens (tertiary/aromatic N) is 1. The van der Waals surface area contributed by atoms with Crippen LogP contribution in [0.2, 0.25) is 0 Å². The first-order chi connectivity index (χ1) is 9.74. The molecule has 0 bridgehead atoms. The fourth-order valence-electron chi connectivity index (χ4n) is 1.78. The molecule has 0 fully saturated rings. The van der Waals surface area contributed by atoms with Gasteiger partial charge in [-0.15, -0.1) is 0 Å². The van der Waals surface area contributed by atoms with Crippen LogP contribution in [0, 0.1) is 6.92 Å². The summed E-state index contributed by atoms with van der Waals surface area (Å²) in [5, 5.41) is 6.10. The molecule has 1 amide bonds. The molecule has 0 aliphatic carbocycles. The maximum Gasteiger partial charge on any atom is 0.222 e. The minimum Gasteiger partial charge on any atom is -0.385 e. The number of pyridine rings is 1. The molecule has 2 aromatic rings. The summed E-state index contributed by atoms with van der Waals surface area (Å²) in [5.41, 5.74) is 3.27. The van der Waals surface area contributed by atoms with Gasteiger partial charge in [-0.25, -0.2) is 0 Å². The first-order valence-electron chi connectivity index (χ1n) is 6.70. The van der Waals surface area contributed by atoms with Crippen molar-refractivity contribution in [1.82, 2.24) is 10.3 Å². The van der Waals surface area contributed by atoms with E-state index in [0.29, 0.717) is 19.5 Å². The molecule has 1 aromatic carbocycles. The van der Waals surface area contributed by atoms with Crippen molar-refractivity contribution < 1.29 is 4.79 Å². The van der Waals surface area contributed by atoms with Crippen LogP contribution in [0.25, 0.3) is 0 Å². The minimum atomic E-state index is 0.0356. The second-order valence-electron chi connectivity index (χ2n) is 4.68. The van der Waals surface area contributed by atoms with Gasteiger partial charge in [-0.2, -0.15) is 0 Å². The average Bonchev–Trinajstić information content (AvgIpc) is 2.48. The van der Waals surface area contributed by atoms with Crippen LogP contribution < -0.4 is 10.6 Å². The summed E-state index contributed by atoms with van der Waals surface area (Å²) in [6.07, 6.45) is 3.93. The quantitative estimate of drug-likeness (QED) is 0.847. The Hall–Kier alpha value is -2.36. The largest absolute Gasteiger partial charge is 0.385 e. The van der Waals surface area contributed by atoms with Crippen molar-refractivity contribution in [1.29, 1.82) is 0 Å². The molecule has 104 valence electrons. The second kappa shape index (κ2) is 7.28. The fourth-order valence-corrected chi connectivity index (χ4v) is 1.78. The number of carbonyl (C=O) groups is 1. The molecular formula is C16H19N3O. The summed E-state index contributed by atoms with van der Waals surface area (Å²) in [4.78, 5) is 15.7. The molecule has 1 heterocycles. The van der Waals surface area contributed by atoms with Crippen molar-refractivity contribution in [3.8, 4) is 0 Å². The number of amides is 1. The van der Waals surface area contributed by atoms with E-state index in [0.717, 1.165) is 11.3 Å². The van der Waals surface area contributed by atoms with Gasteiger partial charge in [0.15, 0.2) is 0 Å². The maximum atomic E-state index is 11.7. The number of rotatable bonds is 6. The Morgan fingerprint density at radius 2 is 2.00 bits per heavy atom. The van der Waals surface area contributed by atoms with Crippen LogP contribution in [0.15, 0.2) is 48.8 Å². The fraction of sp³-hybridized carbons (Fsp3) is 0.250. The maximum absolute atomic E-state index is 11.7. The van der Waals surface area contributed by atoms with Crippen LogP contribution in [-0.4, -0.2) is 17.4 Å². The van der Waals surface area contributed by atoms with Crippen LogP contribution in [0.5, 0.6) is 0 Å². The third-order valence-electron chi connectivity index (χ3n) is 2.95. The van der Waals surface area contributed by atoms with Crippen molar-refractivity contribution in [2.45, 2.75) is 19.9 Å². The summed E-state index contributed by atoms with van der Waals surface area (Å²) in [7, 11) is 0. The lowest BCUT2D eigenvalue weighted by Gasteiger charge is -2.07. The highest BCUT2D eigenvalue weighted by Gasteiger charge is 2.01. The normalized spacial score (nSPS) is 10.1. The Morgan fingerprint density at radius 3 is 2.70 bits per heavy atom. The molecule has 2 rings (SSSR count). The van der Waals surface area contributed by atoms with Gasteiger partial charge >= 0.3 is 0 Å². The number of hydrogen-bond donors (Lipinski definition) is 2. The number of aryl methyl sites for hydroxylation is 1. The van der Waals surface area contributed by atoms with Gasteiger partial charge in [-0.05, 0) is 30.7 Å². The van der Waals surface area contributed by atoms with E-state index in [4.69, 9.17) is 0 Å². The Kier molecular flexibility index (Phi) is 5.12. The van der Waals surface area contributed by atoms with Gasteiger partial charge < -0.3 is 10.6 Å². The molecule has 1 aromatic heterocycles. The second-order valence-corrected chi connectivity index (χ2v) is 4.68. The van der Waals surface area contributed by atoms with Gasteiger partial charge in [-0.3, -0.25) is 9.78 Å². The topological polar surface area (TPSA) is 54.0 Å². The van der Waals surface area contributed by atoms with Crippen molar-refractivity contribution in [3.63, 3.8) is 0 Å². The molecule has 4 nitrogen and oxygen atoms in total. The standard InChI is InChI=1S/C16H19N3O/c1-13-4-6-15(7-5-13)18-10-8-16(20)19-12-14-3-2-9-17-11-14/h2-7,9,11,18H,8,10,12H2,1H3,(H,19,20). The molecule has 20 heavy (non-hydrogen) atoms. The van der Waals surface area contributed by atoms with Gasteiger partial charge in [0.2, 0.25) is 5.91 Å². The first-order valence-corrected chi connectivity index (χ1v) is 6.70. The molecule has 0 unspecified atom stereocenters. The van der Waals surface area contributed by atoms with Gasteiger partial charge in [0.05, 0.1) is 0 Å². The zero-order valence-corrected chi connectivity index (χ0v) is 11.6. The van der Waals surface area contributed by atoms with E-state index >= 15 is 0 Å². The Morgan fingerprint density at radius 1 is 1.20 bits per heavy atom. The summed E-state index contributed by atoms with van der Waals surface area (Å²) in [5.74, 6) is 0.0356. The number of aromatic nitrogens is 1. The molecule has 0 aliphatic rings. The van der Waals surface area contributed by atoms with Crippen LogP contribution in [0.1, 0.15) is 17.5 Å². The summed E-state index contributed by atoms with van der Waals surface area (Å²) in [6, 6.07) is 11.9. The van der Waals surface area contributed by atoms with Crippen LogP contribution in [0.3, 0.4) is 0 Å². The van der Waals surface area contributed by atoms with Gasteiger partial charge in [0.25, 0.3) is 0 Å². The molecule has 0 saturated heterocycles. The lowest BCUT2D eigenvalue weighted by molar-refractivity contribution is -0.121. The highest BCUT2D eigenvalue weighted by molar-refractivity contribution is 5.76. The van der Waals surface area contributed by atoms with E-state index in [2.05, 4.69) is 22.5 Å².